The van der Waals surface area contributed by atoms with Crippen molar-refractivity contribution in [2.45, 2.75) is 58.9 Å². The summed E-state index contributed by atoms with van der Waals surface area (Å²) in [5.74, 6) is 1.69. The fourth-order valence-electron chi connectivity index (χ4n) is 2.82. The van der Waals surface area contributed by atoms with Gasteiger partial charge < -0.3 is 5.32 Å². The Morgan fingerprint density at radius 2 is 2.05 bits per heavy atom. The Hall–Kier alpha value is -0.830. The van der Waals surface area contributed by atoms with E-state index in [2.05, 4.69) is 38.2 Å². The van der Waals surface area contributed by atoms with Crippen molar-refractivity contribution >= 4 is 17.2 Å². The van der Waals surface area contributed by atoms with Gasteiger partial charge in [0.25, 0.3) is 0 Å². The second-order valence-electron chi connectivity index (χ2n) is 6.14. The van der Waals surface area contributed by atoms with Crippen molar-refractivity contribution in [3.8, 4) is 0 Å². The molecule has 0 spiro atoms. The maximum absolute atomic E-state index is 12.3. The highest BCUT2D eigenvalue weighted by atomic mass is 32.1. The number of nitrogens with one attached hydrogen (secondary N) is 1. The molecule has 1 fully saturated rings. The van der Waals surface area contributed by atoms with Gasteiger partial charge in [-0.3, -0.25) is 4.79 Å². The molecule has 1 saturated carbocycles. The van der Waals surface area contributed by atoms with Crippen LogP contribution in [0.2, 0.25) is 0 Å². The monoisotopic (exact) mass is 279 g/mol. The third-order valence-corrected chi connectivity index (χ3v) is 5.71. The molecule has 106 valence electrons. The molecule has 0 bridgehead atoms. The van der Waals surface area contributed by atoms with Crippen LogP contribution in [0.5, 0.6) is 0 Å². The molecule has 1 aromatic rings. The smallest absolute Gasteiger partial charge is 0.228 e. The minimum absolute atomic E-state index is 0.0200. The van der Waals surface area contributed by atoms with Gasteiger partial charge in [0.05, 0.1) is 5.92 Å². The predicted molar refractivity (Wildman–Crippen MR) is 81.6 cm³/mol. The minimum Gasteiger partial charge on any atom is -0.353 e. The predicted octanol–water partition coefficient (Wildman–Crippen LogP) is 4.10. The van der Waals surface area contributed by atoms with E-state index in [-0.39, 0.29) is 11.8 Å². The van der Waals surface area contributed by atoms with Crippen molar-refractivity contribution in [2.24, 2.45) is 11.8 Å². The number of carbonyl (C=O) groups is 1. The lowest BCUT2D eigenvalue weighted by molar-refractivity contribution is -0.123. The molecule has 1 aromatic heterocycles. The molecule has 4 atom stereocenters. The van der Waals surface area contributed by atoms with E-state index in [1.54, 1.807) is 11.3 Å². The van der Waals surface area contributed by atoms with Gasteiger partial charge in [-0.25, -0.2) is 0 Å². The molecule has 1 heterocycles. The first-order valence-electron chi connectivity index (χ1n) is 7.34. The Labute approximate surface area is 120 Å². The third-order valence-electron chi connectivity index (χ3n) is 4.53. The van der Waals surface area contributed by atoms with E-state index in [0.717, 1.165) is 24.7 Å². The van der Waals surface area contributed by atoms with Crippen molar-refractivity contribution in [2.75, 3.05) is 0 Å². The summed E-state index contributed by atoms with van der Waals surface area (Å²) in [4.78, 5) is 14.8. The molecule has 1 N–H and O–H groups in total. The molecule has 2 rings (SSSR count). The molecular weight excluding hydrogens is 254 g/mol. The molecule has 4 unspecified atom stereocenters. The van der Waals surface area contributed by atoms with E-state index in [0.29, 0.717) is 6.04 Å². The van der Waals surface area contributed by atoms with Gasteiger partial charge in [-0.05, 0) is 57.1 Å². The number of rotatable bonds is 3. The van der Waals surface area contributed by atoms with Crippen molar-refractivity contribution in [3.63, 3.8) is 0 Å². The van der Waals surface area contributed by atoms with Crippen LogP contribution in [0.3, 0.4) is 0 Å². The summed E-state index contributed by atoms with van der Waals surface area (Å²) in [7, 11) is 0. The van der Waals surface area contributed by atoms with E-state index in [9.17, 15) is 4.79 Å². The van der Waals surface area contributed by atoms with Crippen molar-refractivity contribution in [1.82, 2.24) is 5.32 Å². The van der Waals surface area contributed by atoms with Gasteiger partial charge in [-0.15, -0.1) is 11.3 Å². The van der Waals surface area contributed by atoms with Crippen LogP contribution in [0.4, 0.5) is 0 Å². The quantitative estimate of drug-likeness (QED) is 0.886. The molecule has 0 aliphatic heterocycles. The molecule has 3 heteroatoms. The first kappa shape index (κ1) is 14.6. The number of hydrogen-bond acceptors (Lipinski definition) is 2. The lowest BCUT2D eigenvalue weighted by atomic mass is 9.79. The van der Waals surface area contributed by atoms with Crippen LogP contribution in [0, 0.1) is 18.8 Å². The molecule has 0 aromatic carbocycles. The van der Waals surface area contributed by atoms with Gasteiger partial charge in [0.15, 0.2) is 0 Å². The van der Waals surface area contributed by atoms with E-state index in [4.69, 9.17) is 0 Å². The second kappa shape index (κ2) is 6.08. The number of amides is 1. The fourth-order valence-corrected chi connectivity index (χ4v) is 3.75. The lowest BCUT2D eigenvalue weighted by Gasteiger charge is -2.33. The normalized spacial score (nSPS) is 28.9. The SMILES string of the molecule is Cc1ccc(C(C)C(=O)NC2CCC(C)C(C)C2)s1. The van der Waals surface area contributed by atoms with Gasteiger partial charge in [0.2, 0.25) is 5.91 Å². The Bertz CT molecular complexity index is 440. The first-order chi connectivity index (χ1) is 8.97. The topological polar surface area (TPSA) is 29.1 Å². The molecule has 0 radical (unpaired) electrons. The standard InChI is InChI=1S/C16H25NOS/c1-10-5-7-14(9-11(10)2)17-16(18)13(4)15-8-6-12(3)19-15/h6,8,10-11,13-14H,5,7,9H2,1-4H3,(H,17,18). The summed E-state index contributed by atoms with van der Waals surface area (Å²) < 4.78 is 0. The zero-order valence-electron chi connectivity index (χ0n) is 12.4. The number of carbonyl (C=O) groups excluding carboxylic acids is 1. The molecule has 1 aliphatic carbocycles. The van der Waals surface area contributed by atoms with E-state index in [1.165, 1.54) is 16.2 Å². The number of aryl methyl sites for hydroxylation is 1. The molecule has 0 saturated heterocycles. The summed E-state index contributed by atoms with van der Waals surface area (Å²) in [6.45, 7) is 8.72. The average molecular weight is 279 g/mol. The van der Waals surface area contributed by atoms with E-state index in [1.807, 2.05) is 6.92 Å². The van der Waals surface area contributed by atoms with Crippen LogP contribution in [-0.4, -0.2) is 11.9 Å². The summed E-state index contributed by atoms with van der Waals surface area (Å²) >= 11 is 1.73. The number of hydrogen-bond donors (Lipinski definition) is 1. The van der Waals surface area contributed by atoms with Gasteiger partial charge >= 0.3 is 0 Å². The summed E-state index contributed by atoms with van der Waals surface area (Å²) in [5, 5.41) is 3.25. The minimum atomic E-state index is -0.0200. The summed E-state index contributed by atoms with van der Waals surface area (Å²) in [5.41, 5.74) is 0. The lowest BCUT2D eigenvalue weighted by Crippen LogP contribution is -2.41. The molecule has 19 heavy (non-hydrogen) atoms. The van der Waals surface area contributed by atoms with Gasteiger partial charge in [-0.2, -0.15) is 0 Å². The Kier molecular flexibility index (Phi) is 4.67. The van der Waals surface area contributed by atoms with E-state index >= 15 is 0 Å². The second-order valence-corrected chi connectivity index (χ2v) is 7.46. The third kappa shape index (κ3) is 3.59. The summed E-state index contributed by atoms with van der Waals surface area (Å²) in [6, 6.07) is 4.55. The maximum atomic E-state index is 12.3. The van der Waals surface area contributed by atoms with Crippen molar-refractivity contribution in [3.05, 3.63) is 21.9 Å². The van der Waals surface area contributed by atoms with Crippen molar-refractivity contribution < 1.29 is 4.79 Å². The van der Waals surface area contributed by atoms with Gasteiger partial charge in [0, 0.05) is 15.8 Å². The fraction of sp³-hybridized carbons (Fsp3) is 0.688. The highest BCUT2D eigenvalue weighted by molar-refractivity contribution is 7.12. The van der Waals surface area contributed by atoms with Crippen LogP contribution in [0.25, 0.3) is 0 Å². The molecular formula is C16H25NOS. The first-order valence-corrected chi connectivity index (χ1v) is 8.15. The Morgan fingerprint density at radius 3 is 2.63 bits per heavy atom. The highest BCUT2D eigenvalue weighted by Gasteiger charge is 2.27. The Balaban J connectivity index is 1.90. The molecule has 1 amide bonds. The maximum Gasteiger partial charge on any atom is 0.228 e. The van der Waals surface area contributed by atoms with Crippen LogP contribution >= 0.6 is 11.3 Å². The van der Waals surface area contributed by atoms with Crippen LogP contribution < -0.4 is 5.32 Å². The zero-order chi connectivity index (χ0) is 14.0. The van der Waals surface area contributed by atoms with Gasteiger partial charge in [-0.1, -0.05) is 13.8 Å². The van der Waals surface area contributed by atoms with Crippen LogP contribution in [-0.2, 0) is 4.79 Å². The van der Waals surface area contributed by atoms with Crippen molar-refractivity contribution in [1.29, 1.82) is 0 Å². The Morgan fingerprint density at radius 1 is 1.32 bits per heavy atom. The van der Waals surface area contributed by atoms with Crippen LogP contribution in [0.1, 0.15) is 55.7 Å². The summed E-state index contributed by atoms with van der Waals surface area (Å²) in [6.07, 6.45) is 3.50. The molecule has 2 nitrogen and oxygen atoms in total. The van der Waals surface area contributed by atoms with Crippen LogP contribution in [0.15, 0.2) is 12.1 Å². The number of thiophene rings is 1. The average Bonchev–Trinajstić information content (AvgIpc) is 2.79. The molecule has 1 aliphatic rings. The van der Waals surface area contributed by atoms with Gasteiger partial charge in [0.1, 0.15) is 0 Å². The van der Waals surface area contributed by atoms with E-state index < -0.39 is 0 Å². The largest absolute Gasteiger partial charge is 0.353 e. The zero-order valence-corrected chi connectivity index (χ0v) is 13.2. The highest BCUT2D eigenvalue weighted by Crippen LogP contribution is 2.30.